The summed E-state index contributed by atoms with van der Waals surface area (Å²) >= 11 is 0. The van der Waals surface area contributed by atoms with Crippen molar-refractivity contribution in [2.24, 2.45) is 0 Å². The lowest BCUT2D eigenvalue weighted by Crippen LogP contribution is -2.39. The predicted octanol–water partition coefficient (Wildman–Crippen LogP) is 4.22. The summed E-state index contributed by atoms with van der Waals surface area (Å²) < 4.78 is 0. The standard InChI is InChI=1S/C19H32N2/c1-5-6-10-21(14-19-8-7-9-20-19)17(4)18-12-15(2)11-16(3)13-18/h11-13,17,19-20H,5-10,14H2,1-4H3. The van der Waals surface area contributed by atoms with Crippen LogP contribution >= 0.6 is 0 Å². The predicted molar refractivity (Wildman–Crippen MR) is 91.8 cm³/mol. The van der Waals surface area contributed by atoms with E-state index in [-0.39, 0.29) is 0 Å². The van der Waals surface area contributed by atoms with Gasteiger partial charge in [0.05, 0.1) is 0 Å². The van der Waals surface area contributed by atoms with E-state index in [1.165, 1.54) is 62.0 Å². The van der Waals surface area contributed by atoms with Crippen LogP contribution in [-0.4, -0.2) is 30.6 Å². The first kappa shape index (κ1) is 16.5. The van der Waals surface area contributed by atoms with E-state index in [1.807, 2.05) is 0 Å². The third-order valence-electron chi connectivity index (χ3n) is 4.69. The fourth-order valence-electron chi connectivity index (χ4n) is 3.46. The summed E-state index contributed by atoms with van der Waals surface area (Å²) in [6, 6.07) is 8.19. The molecule has 1 saturated heterocycles. The number of hydrogen-bond acceptors (Lipinski definition) is 2. The van der Waals surface area contributed by atoms with Gasteiger partial charge in [0, 0.05) is 18.6 Å². The van der Waals surface area contributed by atoms with Crippen molar-refractivity contribution >= 4 is 0 Å². The Morgan fingerprint density at radius 2 is 1.95 bits per heavy atom. The first-order chi connectivity index (χ1) is 10.1. The number of benzene rings is 1. The Morgan fingerprint density at radius 1 is 1.24 bits per heavy atom. The lowest BCUT2D eigenvalue weighted by atomic mass is 10.0. The zero-order valence-electron chi connectivity index (χ0n) is 14.3. The van der Waals surface area contributed by atoms with Gasteiger partial charge in [0.2, 0.25) is 0 Å². The summed E-state index contributed by atoms with van der Waals surface area (Å²) in [5.74, 6) is 0. The minimum atomic E-state index is 0.512. The van der Waals surface area contributed by atoms with Crippen molar-refractivity contribution in [3.05, 3.63) is 34.9 Å². The van der Waals surface area contributed by atoms with E-state index >= 15 is 0 Å². The van der Waals surface area contributed by atoms with Crippen molar-refractivity contribution in [2.75, 3.05) is 19.6 Å². The first-order valence-corrected chi connectivity index (χ1v) is 8.65. The first-order valence-electron chi connectivity index (χ1n) is 8.65. The topological polar surface area (TPSA) is 15.3 Å². The highest BCUT2D eigenvalue weighted by atomic mass is 15.2. The highest BCUT2D eigenvalue weighted by molar-refractivity contribution is 5.30. The van der Waals surface area contributed by atoms with Gasteiger partial charge < -0.3 is 5.32 Å². The minimum Gasteiger partial charge on any atom is -0.313 e. The van der Waals surface area contributed by atoms with Crippen LogP contribution in [-0.2, 0) is 0 Å². The Kier molecular flexibility index (Phi) is 6.25. The van der Waals surface area contributed by atoms with E-state index in [4.69, 9.17) is 0 Å². The maximum absolute atomic E-state index is 3.65. The molecule has 1 fully saturated rings. The summed E-state index contributed by atoms with van der Waals surface area (Å²) in [5, 5.41) is 3.65. The average molecular weight is 288 g/mol. The number of unbranched alkanes of at least 4 members (excludes halogenated alkanes) is 1. The van der Waals surface area contributed by atoms with E-state index in [1.54, 1.807) is 0 Å². The van der Waals surface area contributed by atoms with Crippen LogP contribution in [0.15, 0.2) is 18.2 Å². The van der Waals surface area contributed by atoms with Gasteiger partial charge >= 0.3 is 0 Å². The quantitative estimate of drug-likeness (QED) is 0.808. The summed E-state index contributed by atoms with van der Waals surface area (Å²) in [7, 11) is 0. The van der Waals surface area contributed by atoms with E-state index in [0.29, 0.717) is 12.1 Å². The molecule has 0 radical (unpaired) electrons. The number of rotatable bonds is 7. The van der Waals surface area contributed by atoms with Crippen molar-refractivity contribution in [3.8, 4) is 0 Å². The van der Waals surface area contributed by atoms with Gasteiger partial charge in [-0.15, -0.1) is 0 Å². The van der Waals surface area contributed by atoms with Crippen LogP contribution in [0.3, 0.4) is 0 Å². The second-order valence-electron chi connectivity index (χ2n) is 6.74. The van der Waals surface area contributed by atoms with E-state index in [9.17, 15) is 0 Å². The summed E-state index contributed by atoms with van der Waals surface area (Å²) in [5.41, 5.74) is 4.24. The van der Waals surface area contributed by atoms with Gasteiger partial charge in [-0.3, -0.25) is 4.90 Å². The highest BCUT2D eigenvalue weighted by Crippen LogP contribution is 2.24. The maximum Gasteiger partial charge on any atom is 0.0320 e. The fourth-order valence-corrected chi connectivity index (χ4v) is 3.46. The normalized spacial score (nSPS) is 20.1. The molecule has 0 aromatic heterocycles. The maximum atomic E-state index is 3.65. The fraction of sp³-hybridized carbons (Fsp3) is 0.684. The molecule has 118 valence electrons. The molecule has 2 unspecified atom stereocenters. The van der Waals surface area contributed by atoms with Crippen LogP contribution in [0.4, 0.5) is 0 Å². The number of nitrogens with zero attached hydrogens (tertiary/aromatic N) is 1. The molecule has 0 saturated carbocycles. The van der Waals surface area contributed by atoms with Gasteiger partial charge in [0.15, 0.2) is 0 Å². The molecule has 2 rings (SSSR count). The molecule has 0 aliphatic carbocycles. The van der Waals surface area contributed by atoms with Gasteiger partial charge in [-0.2, -0.15) is 0 Å². The van der Waals surface area contributed by atoms with E-state index < -0.39 is 0 Å². The molecule has 21 heavy (non-hydrogen) atoms. The Morgan fingerprint density at radius 3 is 2.52 bits per heavy atom. The lowest BCUT2D eigenvalue weighted by Gasteiger charge is -2.32. The van der Waals surface area contributed by atoms with Gasteiger partial charge in [0.1, 0.15) is 0 Å². The van der Waals surface area contributed by atoms with E-state index in [0.717, 1.165) is 0 Å². The van der Waals surface area contributed by atoms with Crippen molar-refractivity contribution in [1.82, 2.24) is 10.2 Å². The van der Waals surface area contributed by atoms with E-state index in [2.05, 4.69) is 56.1 Å². The Bertz CT molecular complexity index is 415. The molecule has 0 spiro atoms. The highest BCUT2D eigenvalue weighted by Gasteiger charge is 2.22. The zero-order valence-corrected chi connectivity index (χ0v) is 14.3. The van der Waals surface area contributed by atoms with Crippen LogP contribution < -0.4 is 5.32 Å². The van der Waals surface area contributed by atoms with Crippen LogP contribution in [0, 0.1) is 13.8 Å². The molecule has 1 heterocycles. The number of nitrogens with one attached hydrogen (secondary N) is 1. The van der Waals surface area contributed by atoms with Crippen molar-refractivity contribution < 1.29 is 0 Å². The minimum absolute atomic E-state index is 0.512. The molecule has 2 heteroatoms. The second-order valence-corrected chi connectivity index (χ2v) is 6.74. The Balaban J connectivity index is 2.09. The monoisotopic (exact) mass is 288 g/mol. The van der Waals surface area contributed by atoms with Crippen LogP contribution in [0.1, 0.15) is 62.3 Å². The number of aryl methyl sites for hydroxylation is 2. The van der Waals surface area contributed by atoms with Gasteiger partial charge in [-0.05, 0) is 58.7 Å². The number of hydrogen-bond donors (Lipinski definition) is 1. The van der Waals surface area contributed by atoms with Gasteiger partial charge in [-0.1, -0.05) is 42.7 Å². The molecule has 1 aromatic carbocycles. The van der Waals surface area contributed by atoms with Crippen LogP contribution in [0.5, 0.6) is 0 Å². The molecule has 1 aliphatic rings. The van der Waals surface area contributed by atoms with Crippen molar-refractivity contribution in [2.45, 2.75) is 65.5 Å². The smallest absolute Gasteiger partial charge is 0.0320 e. The molecule has 0 amide bonds. The molecule has 2 atom stereocenters. The Labute approximate surface area is 130 Å². The largest absolute Gasteiger partial charge is 0.313 e. The molecule has 2 nitrogen and oxygen atoms in total. The molecular formula is C19H32N2. The Hall–Kier alpha value is -0.860. The molecule has 1 aromatic rings. The SMILES string of the molecule is CCCCN(CC1CCCN1)C(C)c1cc(C)cc(C)c1. The van der Waals surface area contributed by atoms with Crippen molar-refractivity contribution in [1.29, 1.82) is 0 Å². The molecular weight excluding hydrogens is 256 g/mol. The molecule has 1 N–H and O–H groups in total. The van der Waals surface area contributed by atoms with Gasteiger partial charge in [0.25, 0.3) is 0 Å². The van der Waals surface area contributed by atoms with Crippen molar-refractivity contribution in [3.63, 3.8) is 0 Å². The summed E-state index contributed by atoms with van der Waals surface area (Å²) in [6.07, 6.45) is 5.24. The van der Waals surface area contributed by atoms with Crippen LogP contribution in [0.2, 0.25) is 0 Å². The third-order valence-corrected chi connectivity index (χ3v) is 4.69. The summed E-state index contributed by atoms with van der Waals surface area (Å²) in [6.45, 7) is 12.7. The zero-order chi connectivity index (χ0) is 15.2. The average Bonchev–Trinajstić information content (AvgIpc) is 2.94. The van der Waals surface area contributed by atoms with Gasteiger partial charge in [-0.25, -0.2) is 0 Å². The molecule has 0 bridgehead atoms. The third kappa shape index (κ3) is 4.82. The molecule has 1 aliphatic heterocycles. The second kappa shape index (κ2) is 7.95. The lowest BCUT2D eigenvalue weighted by molar-refractivity contribution is 0.189. The van der Waals surface area contributed by atoms with Crippen LogP contribution in [0.25, 0.3) is 0 Å². The summed E-state index contributed by atoms with van der Waals surface area (Å²) in [4.78, 5) is 2.68.